The van der Waals surface area contributed by atoms with Crippen LogP contribution in [0.2, 0.25) is 0 Å². The molecule has 0 unspecified atom stereocenters. The van der Waals surface area contributed by atoms with Crippen LogP contribution in [0, 0.1) is 5.92 Å². The number of ether oxygens (including phenoxy) is 2. The third kappa shape index (κ3) is 4.65. The van der Waals surface area contributed by atoms with Gasteiger partial charge in [-0.1, -0.05) is 12.1 Å². The second-order valence-corrected chi connectivity index (χ2v) is 8.02. The number of aromatic nitrogens is 1. The van der Waals surface area contributed by atoms with E-state index in [9.17, 15) is 0 Å². The average Bonchev–Trinajstić information content (AvgIpc) is 2.75. The van der Waals surface area contributed by atoms with Crippen molar-refractivity contribution >= 4 is 5.82 Å². The zero-order valence-electron chi connectivity index (χ0n) is 16.8. The van der Waals surface area contributed by atoms with E-state index in [4.69, 9.17) is 20.2 Å². The fraction of sp³-hybridized carbons (Fsp3) is 0.522. The van der Waals surface area contributed by atoms with E-state index in [1.807, 2.05) is 12.1 Å². The Morgan fingerprint density at radius 2 is 1.75 bits per heavy atom. The molecular weight excluding hydrogens is 350 g/mol. The standard InChI is InChI=1S/C23H31N3O2/c1-27-22-4-2-18(3-5-22)19-15-21(14-17-8-12-28-13-9-17)25-23(16-19)26-10-6-20(24)7-11-26/h2-5,15-17,20H,6-14,24H2,1H3. The van der Waals surface area contributed by atoms with E-state index >= 15 is 0 Å². The lowest BCUT2D eigenvalue weighted by Gasteiger charge is -2.32. The fourth-order valence-corrected chi connectivity index (χ4v) is 4.16. The number of hydrogen-bond acceptors (Lipinski definition) is 5. The molecule has 0 amide bonds. The highest BCUT2D eigenvalue weighted by molar-refractivity contribution is 5.68. The van der Waals surface area contributed by atoms with Crippen LogP contribution in [-0.2, 0) is 11.2 Å². The van der Waals surface area contributed by atoms with E-state index in [2.05, 4.69) is 29.2 Å². The van der Waals surface area contributed by atoms with Crippen molar-refractivity contribution in [3.05, 3.63) is 42.1 Å². The summed E-state index contributed by atoms with van der Waals surface area (Å²) in [5.74, 6) is 2.63. The molecule has 0 spiro atoms. The summed E-state index contributed by atoms with van der Waals surface area (Å²) in [5.41, 5.74) is 9.72. The summed E-state index contributed by atoms with van der Waals surface area (Å²) in [7, 11) is 1.70. The summed E-state index contributed by atoms with van der Waals surface area (Å²) in [6.45, 7) is 3.72. The summed E-state index contributed by atoms with van der Waals surface area (Å²) in [4.78, 5) is 7.45. The minimum absolute atomic E-state index is 0.322. The van der Waals surface area contributed by atoms with Crippen molar-refractivity contribution < 1.29 is 9.47 Å². The van der Waals surface area contributed by atoms with Gasteiger partial charge in [0, 0.05) is 38.0 Å². The maximum Gasteiger partial charge on any atom is 0.129 e. The molecule has 1 aromatic carbocycles. The van der Waals surface area contributed by atoms with Crippen LogP contribution in [0.15, 0.2) is 36.4 Å². The second-order valence-electron chi connectivity index (χ2n) is 8.02. The monoisotopic (exact) mass is 381 g/mol. The largest absolute Gasteiger partial charge is 0.497 e. The summed E-state index contributed by atoms with van der Waals surface area (Å²) < 4.78 is 10.8. The predicted molar refractivity (Wildman–Crippen MR) is 113 cm³/mol. The van der Waals surface area contributed by atoms with E-state index in [1.54, 1.807) is 7.11 Å². The smallest absolute Gasteiger partial charge is 0.129 e. The van der Waals surface area contributed by atoms with Crippen LogP contribution >= 0.6 is 0 Å². The Hall–Kier alpha value is -2.11. The normalized spacial score (nSPS) is 19.0. The van der Waals surface area contributed by atoms with Crippen molar-refractivity contribution in [1.29, 1.82) is 0 Å². The Bertz CT molecular complexity index is 764. The van der Waals surface area contributed by atoms with Crippen LogP contribution in [0.4, 0.5) is 5.82 Å². The molecule has 2 N–H and O–H groups in total. The number of hydrogen-bond donors (Lipinski definition) is 1. The van der Waals surface area contributed by atoms with Crippen LogP contribution in [0.5, 0.6) is 5.75 Å². The number of rotatable bonds is 5. The van der Waals surface area contributed by atoms with Gasteiger partial charge in [-0.15, -0.1) is 0 Å². The number of pyridine rings is 1. The summed E-state index contributed by atoms with van der Waals surface area (Å²) >= 11 is 0. The summed E-state index contributed by atoms with van der Waals surface area (Å²) in [6.07, 6.45) is 5.34. The highest BCUT2D eigenvalue weighted by atomic mass is 16.5. The first-order chi connectivity index (χ1) is 13.7. The molecule has 0 saturated carbocycles. The molecule has 2 aliphatic rings. The van der Waals surface area contributed by atoms with Crippen LogP contribution in [0.25, 0.3) is 11.1 Å². The first kappa shape index (κ1) is 19.2. The van der Waals surface area contributed by atoms with E-state index < -0.39 is 0 Å². The first-order valence-corrected chi connectivity index (χ1v) is 10.4. The Labute approximate surface area is 167 Å². The molecule has 2 aromatic rings. The van der Waals surface area contributed by atoms with Gasteiger partial charge in [0.05, 0.1) is 7.11 Å². The van der Waals surface area contributed by atoms with E-state index in [-0.39, 0.29) is 0 Å². The minimum Gasteiger partial charge on any atom is -0.497 e. The van der Waals surface area contributed by atoms with E-state index in [1.165, 1.54) is 16.8 Å². The van der Waals surface area contributed by atoms with E-state index in [0.717, 1.165) is 70.0 Å². The van der Waals surface area contributed by atoms with Crippen LogP contribution < -0.4 is 15.4 Å². The predicted octanol–water partition coefficient (Wildman–Crippen LogP) is 3.65. The lowest BCUT2D eigenvalue weighted by atomic mass is 9.93. The van der Waals surface area contributed by atoms with Crippen molar-refractivity contribution in [2.24, 2.45) is 11.7 Å². The van der Waals surface area contributed by atoms with E-state index in [0.29, 0.717) is 12.0 Å². The lowest BCUT2D eigenvalue weighted by molar-refractivity contribution is 0.0663. The molecule has 4 rings (SSSR count). The molecule has 2 saturated heterocycles. The second kappa shape index (κ2) is 8.93. The van der Waals surface area contributed by atoms with Gasteiger partial charge in [-0.25, -0.2) is 4.98 Å². The van der Waals surface area contributed by atoms with Gasteiger partial charge in [-0.05, 0) is 73.4 Å². The molecule has 0 aliphatic carbocycles. The van der Waals surface area contributed by atoms with Gasteiger partial charge >= 0.3 is 0 Å². The number of benzene rings is 1. The van der Waals surface area contributed by atoms with Crippen molar-refractivity contribution in [3.8, 4) is 16.9 Å². The zero-order chi connectivity index (χ0) is 19.3. The third-order valence-electron chi connectivity index (χ3n) is 5.99. The number of methoxy groups -OCH3 is 1. The van der Waals surface area contributed by atoms with Crippen molar-refractivity contribution in [3.63, 3.8) is 0 Å². The molecular formula is C23H31N3O2. The van der Waals surface area contributed by atoms with Crippen LogP contribution in [-0.4, -0.2) is 44.4 Å². The first-order valence-electron chi connectivity index (χ1n) is 10.4. The average molecular weight is 382 g/mol. The number of anilines is 1. The quantitative estimate of drug-likeness (QED) is 0.857. The Balaban J connectivity index is 1.63. The molecule has 2 fully saturated rings. The SMILES string of the molecule is COc1ccc(-c2cc(CC3CCOCC3)nc(N3CCC(N)CC3)c2)cc1. The fourth-order valence-electron chi connectivity index (χ4n) is 4.16. The molecule has 150 valence electrons. The summed E-state index contributed by atoms with van der Waals surface area (Å²) in [5, 5.41) is 0. The molecule has 3 heterocycles. The van der Waals surface area contributed by atoms with Gasteiger partial charge in [0.25, 0.3) is 0 Å². The molecule has 0 bridgehead atoms. The molecule has 2 aliphatic heterocycles. The molecule has 1 aromatic heterocycles. The molecule has 0 atom stereocenters. The zero-order valence-corrected chi connectivity index (χ0v) is 16.8. The molecule has 5 nitrogen and oxygen atoms in total. The maximum atomic E-state index is 6.11. The highest BCUT2D eigenvalue weighted by Gasteiger charge is 2.20. The Kier molecular flexibility index (Phi) is 6.13. The molecule has 0 radical (unpaired) electrons. The maximum absolute atomic E-state index is 6.11. The topological polar surface area (TPSA) is 60.6 Å². The minimum atomic E-state index is 0.322. The summed E-state index contributed by atoms with van der Waals surface area (Å²) in [6, 6.07) is 13.1. The Morgan fingerprint density at radius 3 is 2.43 bits per heavy atom. The van der Waals surface area contributed by atoms with Gasteiger partial charge in [0.15, 0.2) is 0 Å². The van der Waals surface area contributed by atoms with Gasteiger partial charge in [-0.3, -0.25) is 0 Å². The Morgan fingerprint density at radius 1 is 1.04 bits per heavy atom. The highest BCUT2D eigenvalue weighted by Crippen LogP contribution is 2.29. The van der Waals surface area contributed by atoms with Gasteiger partial charge in [0.2, 0.25) is 0 Å². The van der Waals surface area contributed by atoms with Crippen molar-refractivity contribution in [2.45, 2.75) is 38.1 Å². The van der Waals surface area contributed by atoms with Gasteiger partial charge < -0.3 is 20.1 Å². The van der Waals surface area contributed by atoms with Gasteiger partial charge in [-0.2, -0.15) is 0 Å². The number of nitrogens with two attached hydrogens (primary N) is 1. The molecule has 28 heavy (non-hydrogen) atoms. The van der Waals surface area contributed by atoms with Crippen LogP contribution in [0.1, 0.15) is 31.4 Å². The number of piperidine rings is 1. The molecule has 5 heteroatoms. The van der Waals surface area contributed by atoms with Gasteiger partial charge in [0.1, 0.15) is 11.6 Å². The van der Waals surface area contributed by atoms with Crippen molar-refractivity contribution in [2.75, 3.05) is 38.3 Å². The third-order valence-corrected chi connectivity index (χ3v) is 5.99. The van der Waals surface area contributed by atoms with Crippen molar-refractivity contribution in [1.82, 2.24) is 4.98 Å². The van der Waals surface area contributed by atoms with Crippen LogP contribution in [0.3, 0.4) is 0 Å². The lowest BCUT2D eigenvalue weighted by Crippen LogP contribution is -2.40. The number of nitrogens with zero attached hydrogens (tertiary/aromatic N) is 2.